The van der Waals surface area contributed by atoms with E-state index >= 15 is 0 Å². The highest BCUT2D eigenvalue weighted by Crippen LogP contribution is 2.30. The molecule has 6 heteroatoms. The van der Waals surface area contributed by atoms with Crippen molar-refractivity contribution in [3.8, 4) is 11.5 Å². The number of hydrogen-bond acceptors (Lipinski definition) is 5. The Labute approximate surface area is 164 Å². The van der Waals surface area contributed by atoms with E-state index in [2.05, 4.69) is 5.32 Å². The normalized spacial score (nSPS) is 14.1. The van der Waals surface area contributed by atoms with Crippen molar-refractivity contribution in [3.63, 3.8) is 0 Å². The number of ether oxygens (including phenoxy) is 3. The summed E-state index contributed by atoms with van der Waals surface area (Å²) >= 11 is 0. The fourth-order valence-electron chi connectivity index (χ4n) is 2.76. The summed E-state index contributed by atoms with van der Waals surface area (Å²) in [5, 5.41) is 2.91. The van der Waals surface area contributed by atoms with Crippen LogP contribution in [0.25, 0.3) is 0 Å². The quantitative estimate of drug-likeness (QED) is 0.669. The zero-order valence-electron chi connectivity index (χ0n) is 16.1. The van der Waals surface area contributed by atoms with Crippen molar-refractivity contribution >= 4 is 11.9 Å². The van der Waals surface area contributed by atoms with Crippen LogP contribution in [0.4, 0.5) is 0 Å². The number of carbonyl (C=O) groups excluding carboxylic acids is 2. The molecular weight excluding hydrogens is 358 g/mol. The number of benzene rings is 2. The molecule has 1 N–H and O–H groups in total. The lowest BCUT2D eigenvalue weighted by molar-refractivity contribution is -0.130. The second kappa shape index (κ2) is 9.26. The number of esters is 1. The average molecular weight is 383 g/mol. The number of hydrogen-bond donors (Lipinski definition) is 1. The average Bonchev–Trinajstić information content (AvgIpc) is 3.52. The number of carbonyl (C=O) groups is 2. The minimum atomic E-state index is -1.00. The van der Waals surface area contributed by atoms with Crippen LogP contribution in [-0.4, -0.2) is 31.1 Å². The van der Waals surface area contributed by atoms with Crippen molar-refractivity contribution in [3.05, 3.63) is 59.7 Å². The van der Waals surface area contributed by atoms with Gasteiger partial charge in [-0.15, -0.1) is 0 Å². The SMILES string of the molecule is CCOc1ccc(C(=O)O[C@H](C(=O)NC2CC2)c2ccccc2)cc1OCC. The maximum Gasteiger partial charge on any atom is 0.339 e. The third kappa shape index (κ3) is 5.03. The maximum atomic E-state index is 12.8. The second-order valence-corrected chi connectivity index (χ2v) is 6.51. The van der Waals surface area contributed by atoms with E-state index in [0.717, 1.165) is 12.8 Å². The molecule has 2 aromatic carbocycles. The predicted molar refractivity (Wildman–Crippen MR) is 105 cm³/mol. The van der Waals surface area contributed by atoms with Gasteiger partial charge in [0.15, 0.2) is 11.5 Å². The van der Waals surface area contributed by atoms with Crippen LogP contribution in [0.5, 0.6) is 11.5 Å². The molecule has 1 amide bonds. The smallest absolute Gasteiger partial charge is 0.339 e. The first-order valence-corrected chi connectivity index (χ1v) is 9.58. The molecule has 6 nitrogen and oxygen atoms in total. The van der Waals surface area contributed by atoms with Gasteiger partial charge in [-0.05, 0) is 44.9 Å². The Bertz CT molecular complexity index is 817. The largest absolute Gasteiger partial charge is 0.490 e. The highest BCUT2D eigenvalue weighted by molar-refractivity contribution is 5.93. The van der Waals surface area contributed by atoms with Gasteiger partial charge in [0.2, 0.25) is 6.10 Å². The molecule has 0 aromatic heterocycles. The van der Waals surface area contributed by atoms with E-state index < -0.39 is 12.1 Å². The number of rotatable bonds is 9. The Morgan fingerprint density at radius 2 is 1.68 bits per heavy atom. The first kappa shape index (κ1) is 19.7. The third-order valence-electron chi connectivity index (χ3n) is 4.27. The van der Waals surface area contributed by atoms with Crippen LogP contribution in [0.1, 0.15) is 48.7 Å². The Morgan fingerprint density at radius 1 is 1.00 bits per heavy atom. The zero-order valence-corrected chi connectivity index (χ0v) is 16.1. The van der Waals surface area contributed by atoms with Crippen molar-refractivity contribution in [1.29, 1.82) is 0 Å². The molecule has 1 atom stereocenters. The summed E-state index contributed by atoms with van der Waals surface area (Å²) in [7, 11) is 0. The number of nitrogens with one attached hydrogen (secondary N) is 1. The van der Waals surface area contributed by atoms with Crippen molar-refractivity contribution in [2.24, 2.45) is 0 Å². The van der Waals surface area contributed by atoms with Gasteiger partial charge in [-0.1, -0.05) is 30.3 Å². The summed E-state index contributed by atoms with van der Waals surface area (Å²) in [5.74, 6) is 0.131. The monoisotopic (exact) mass is 383 g/mol. The van der Waals surface area contributed by atoms with Crippen LogP contribution < -0.4 is 14.8 Å². The van der Waals surface area contributed by atoms with Crippen molar-refractivity contribution in [2.75, 3.05) is 13.2 Å². The van der Waals surface area contributed by atoms with Gasteiger partial charge >= 0.3 is 5.97 Å². The minimum absolute atomic E-state index is 0.174. The van der Waals surface area contributed by atoms with E-state index in [9.17, 15) is 9.59 Å². The molecule has 2 aromatic rings. The summed E-state index contributed by atoms with van der Waals surface area (Å²) < 4.78 is 16.7. The summed E-state index contributed by atoms with van der Waals surface area (Å²) in [6.07, 6.45) is 0.909. The maximum absolute atomic E-state index is 12.8. The van der Waals surface area contributed by atoms with Gasteiger partial charge in [0.25, 0.3) is 5.91 Å². The highest BCUT2D eigenvalue weighted by atomic mass is 16.5. The number of amides is 1. The van der Waals surface area contributed by atoms with Crippen LogP contribution >= 0.6 is 0 Å². The lowest BCUT2D eigenvalue weighted by Gasteiger charge is -2.18. The Kier molecular flexibility index (Phi) is 6.53. The van der Waals surface area contributed by atoms with E-state index in [1.165, 1.54) is 0 Å². The van der Waals surface area contributed by atoms with Crippen LogP contribution in [0.3, 0.4) is 0 Å². The summed E-state index contributed by atoms with van der Waals surface area (Å²) in [6.45, 7) is 4.66. The van der Waals surface area contributed by atoms with Gasteiger partial charge in [-0.2, -0.15) is 0 Å². The highest BCUT2D eigenvalue weighted by Gasteiger charge is 2.31. The van der Waals surface area contributed by atoms with Gasteiger partial charge in [0.1, 0.15) is 0 Å². The zero-order chi connectivity index (χ0) is 19.9. The van der Waals surface area contributed by atoms with E-state index in [-0.39, 0.29) is 11.9 Å². The van der Waals surface area contributed by atoms with Gasteiger partial charge in [-0.3, -0.25) is 4.79 Å². The van der Waals surface area contributed by atoms with E-state index in [1.54, 1.807) is 30.3 Å². The fourth-order valence-corrected chi connectivity index (χ4v) is 2.76. The van der Waals surface area contributed by atoms with Crippen LogP contribution in [-0.2, 0) is 9.53 Å². The van der Waals surface area contributed by atoms with Gasteiger partial charge < -0.3 is 19.5 Å². The summed E-state index contributed by atoms with van der Waals surface area (Å²) in [4.78, 5) is 25.4. The minimum Gasteiger partial charge on any atom is -0.490 e. The van der Waals surface area contributed by atoms with E-state index in [1.807, 2.05) is 32.0 Å². The molecule has 0 saturated heterocycles. The molecule has 0 bridgehead atoms. The Hall–Kier alpha value is -3.02. The van der Waals surface area contributed by atoms with Gasteiger partial charge in [-0.25, -0.2) is 4.79 Å². The molecular formula is C22H25NO5. The third-order valence-corrected chi connectivity index (χ3v) is 4.27. The van der Waals surface area contributed by atoms with Crippen molar-refractivity contribution in [1.82, 2.24) is 5.32 Å². The first-order valence-electron chi connectivity index (χ1n) is 9.58. The fraction of sp³-hybridized carbons (Fsp3) is 0.364. The molecule has 1 saturated carbocycles. The van der Waals surface area contributed by atoms with Crippen molar-refractivity contribution < 1.29 is 23.8 Å². The van der Waals surface area contributed by atoms with Gasteiger partial charge in [0.05, 0.1) is 18.8 Å². The molecule has 0 spiro atoms. The summed E-state index contributed by atoms with van der Waals surface area (Å²) in [5.41, 5.74) is 0.928. The van der Waals surface area contributed by atoms with Crippen LogP contribution in [0.15, 0.2) is 48.5 Å². The molecule has 0 aliphatic heterocycles. The molecule has 1 aliphatic rings. The molecule has 1 aliphatic carbocycles. The molecule has 0 unspecified atom stereocenters. The van der Waals surface area contributed by atoms with E-state index in [0.29, 0.717) is 35.8 Å². The standard InChI is InChI=1S/C22H25NO5/c1-3-26-18-13-10-16(14-19(18)27-4-2)22(25)28-20(15-8-6-5-7-9-15)21(24)23-17-11-12-17/h5-10,13-14,17,20H,3-4,11-12H2,1-2H3,(H,23,24)/t20-/m0/s1. The predicted octanol–water partition coefficient (Wildman–Crippen LogP) is 3.66. The second-order valence-electron chi connectivity index (χ2n) is 6.51. The van der Waals surface area contributed by atoms with Gasteiger partial charge in [0, 0.05) is 11.6 Å². The topological polar surface area (TPSA) is 73.9 Å². The molecule has 148 valence electrons. The van der Waals surface area contributed by atoms with Crippen molar-refractivity contribution in [2.45, 2.75) is 38.8 Å². The molecule has 28 heavy (non-hydrogen) atoms. The summed E-state index contributed by atoms with van der Waals surface area (Å²) in [6, 6.07) is 14.0. The lowest BCUT2D eigenvalue weighted by Crippen LogP contribution is -2.33. The first-order chi connectivity index (χ1) is 13.6. The molecule has 1 fully saturated rings. The molecule has 3 rings (SSSR count). The molecule has 0 heterocycles. The Morgan fingerprint density at radius 3 is 2.32 bits per heavy atom. The Balaban J connectivity index is 1.80. The van der Waals surface area contributed by atoms with Crippen LogP contribution in [0, 0.1) is 0 Å². The lowest BCUT2D eigenvalue weighted by atomic mass is 10.1. The van der Waals surface area contributed by atoms with Crippen LogP contribution in [0.2, 0.25) is 0 Å². The van der Waals surface area contributed by atoms with E-state index in [4.69, 9.17) is 14.2 Å². The molecule has 0 radical (unpaired) electrons.